The standard InChI is InChI=1S/C13H19BrN2O2/c1-9(2)7-13(3,18)8-15-12(17)10-5-4-6-11(14)16-10/h4-6,9,18H,7-8H2,1-3H3,(H,15,17). The summed E-state index contributed by atoms with van der Waals surface area (Å²) in [4.78, 5) is 15.9. The van der Waals surface area contributed by atoms with Crippen molar-refractivity contribution in [3.8, 4) is 0 Å². The van der Waals surface area contributed by atoms with Gasteiger partial charge >= 0.3 is 0 Å². The number of hydrogen-bond acceptors (Lipinski definition) is 3. The van der Waals surface area contributed by atoms with Gasteiger partial charge in [-0.25, -0.2) is 4.98 Å². The summed E-state index contributed by atoms with van der Waals surface area (Å²) in [6.07, 6.45) is 0.638. The van der Waals surface area contributed by atoms with Crippen LogP contribution in [0.2, 0.25) is 0 Å². The molecule has 1 rings (SSSR count). The van der Waals surface area contributed by atoms with Gasteiger partial charge in [-0.05, 0) is 47.3 Å². The van der Waals surface area contributed by atoms with Gasteiger partial charge < -0.3 is 10.4 Å². The van der Waals surface area contributed by atoms with Gasteiger partial charge in [0.05, 0.1) is 5.60 Å². The van der Waals surface area contributed by atoms with E-state index in [0.717, 1.165) is 0 Å². The quantitative estimate of drug-likeness (QED) is 0.820. The molecule has 0 fully saturated rings. The minimum atomic E-state index is -0.893. The molecule has 4 nitrogen and oxygen atoms in total. The molecule has 1 aromatic heterocycles. The normalized spacial score (nSPS) is 14.3. The average molecular weight is 315 g/mol. The maximum atomic E-state index is 11.8. The number of halogens is 1. The molecule has 0 aliphatic heterocycles. The van der Waals surface area contributed by atoms with Crippen LogP contribution in [0.3, 0.4) is 0 Å². The first-order chi connectivity index (χ1) is 8.30. The fourth-order valence-electron chi connectivity index (χ4n) is 1.85. The van der Waals surface area contributed by atoms with Crippen molar-refractivity contribution < 1.29 is 9.90 Å². The second-order valence-electron chi connectivity index (χ2n) is 5.12. The molecule has 1 unspecified atom stereocenters. The highest BCUT2D eigenvalue weighted by atomic mass is 79.9. The Morgan fingerprint density at radius 3 is 2.78 bits per heavy atom. The molecule has 0 aliphatic rings. The monoisotopic (exact) mass is 314 g/mol. The maximum Gasteiger partial charge on any atom is 0.270 e. The number of carbonyl (C=O) groups is 1. The summed E-state index contributed by atoms with van der Waals surface area (Å²) in [6.45, 7) is 6.01. The van der Waals surface area contributed by atoms with E-state index in [1.165, 1.54) is 0 Å². The van der Waals surface area contributed by atoms with Crippen LogP contribution in [0.1, 0.15) is 37.7 Å². The summed E-state index contributed by atoms with van der Waals surface area (Å²) in [5.74, 6) is 0.0984. The van der Waals surface area contributed by atoms with Crippen molar-refractivity contribution in [2.45, 2.75) is 32.8 Å². The van der Waals surface area contributed by atoms with E-state index in [1.54, 1.807) is 25.1 Å². The molecule has 0 saturated carbocycles. The lowest BCUT2D eigenvalue weighted by molar-refractivity contribution is 0.0367. The van der Waals surface area contributed by atoms with Crippen LogP contribution in [0.4, 0.5) is 0 Å². The van der Waals surface area contributed by atoms with Crippen molar-refractivity contribution in [3.63, 3.8) is 0 Å². The number of hydrogen-bond donors (Lipinski definition) is 2. The Balaban J connectivity index is 2.56. The SMILES string of the molecule is CC(C)CC(C)(O)CNC(=O)c1cccc(Br)n1. The van der Waals surface area contributed by atoms with Crippen LogP contribution in [-0.2, 0) is 0 Å². The zero-order valence-corrected chi connectivity index (χ0v) is 12.5. The van der Waals surface area contributed by atoms with Gasteiger partial charge in [-0.15, -0.1) is 0 Å². The van der Waals surface area contributed by atoms with Crippen molar-refractivity contribution in [1.29, 1.82) is 0 Å². The summed E-state index contributed by atoms with van der Waals surface area (Å²) in [5, 5.41) is 12.8. The number of aromatic nitrogens is 1. The lowest BCUT2D eigenvalue weighted by atomic mass is 9.94. The smallest absolute Gasteiger partial charge is 0.270 e. The van der Waals surface area contributed by atoms with E-state index < -0.39 is 5.60 Å². The molecule has 2 N–H and O–H groups in total. The van der Waals surface area contributed by atoms with Crippen LogP contribution in [0.15, 0.2) is 22.8 Å². The second-order valence-corrected chi connectivity index (χ2v) is 5.94. The van der Waals surface area contributed by atoms with Gasteiger partial charge in [0.15, 0.2) is 0 Å². The van der Waals surface area contributed by atoms with Gasteiger partial charge in [0.1, 0.15) is 10.3 Å². The van der Waals surface area contributed by atoms with E-state index in [4.69, 9.17) is 0 Å². The summed E-state index contributed by atoms with van der Waals surface area (Å²) >= 11 is 3.21. The first-order valence-electron chi connectivity index (χ1n) is 5.93. The van der Waals surface area contributed by atoms with E-state index in [0.29, 0.717) is 22.6 Å². The molecule has 0 spiro atoms. The zero-order chi connectivity index (χ0) is 13.8. The Kier molecular flexibility index (Phi) is 5.28. The highest BCUT2D eigenvalue weighted by Crippen LogP contribution is 2.15. The molecule has 1 atom stereocenters. The number of carbonyl (C=O) groups excluding carboxylic acids is 1. The average Bonchev–Trinajstić information content (AvgIpc) is 2.24. The lowest BCUT2D eigenvalue weighted by Gasteiger charge is -2.25. The van der Waals surface area contributed by atoms with Crippen LogP contribution in [0.25, 0.3) is 0 Å². The van der Waals surface area contributed by atoms with Crippen LogP contribution in [-0.4, -0.2) is 28.1 Å². The Morgan fingerprint density at radius 1 is 1.56 bits per heavy atom. The Hall–Kier alpha value is -0.940. The third kappa shape index (κ3) is 5.14. The molecule has 18 heavy (non-hydrogen) atoms. The number of aliphatic hydroxyl groups is 1. The predicted octanol–water partition coefficient (Wildman–Crippen LogP) is 2.37. The fourth-order valence-corrected chi connectivity index (χ4v) is 2.19. The van der Waals surface area contributed by atoms with Gasteiger partial charge in [-0.1, -0.05) is 19.9 Å². The van der Waals surface area contributed by atoms with Gasteiger partial charge in [0, 0.05) is 6.54 Å². The van der Waals surface area contributed by atoms with Crippen molar-refractivity contribution in [2.75, 3.05) is 6.54 Å². The lowest BCUT2D eigenvalue weighted by Crippen LogP contribution is -2.41. The Labute approximate surface area is 116 Å². The molecule has 0 bridgehead atoms. The molecule has 0 aliphatic carbocycles. The third-order valence-electron chi connectivity index (χ3n) is 2.43. The summed E-state index contributed by atoms with van der Waals surface area (Å²) in [5.41, 5.74) is -0.555. The zero-order valence-electron chi connectivity index (χ0n) is 10.9. The molecule has 1 aromatic rings. The number of amides is 1. The van der Waals surface area contributed by atoms with E-state index in [1.807, 2.05) is 13.8 Å². The van der Waals surface area contributed by atoms with Crippen LogP contribution < -0.4 is 5.32 Å². The summed E-state index contributed by atoms with van der Waals surface area (Å²) in [6, 6.07) is 5.14. The highest BCUT2D eigenvalue weighted by molar-refractivity contribution is 9.10. The minimum Gasteiger partial charge on any atom is -0.388 e. The molecule has 1 heterocycles. The molecular weight excluding hydrogens is 296 g/mol. The number of rotatable bonds is 5. The summed E-state index contributed by atoms with van der Waals surface area (Å²) in [7, 11) is 0. The molecule has 1 amide bonds. The molecule has 5 heteroatoms. The van der Waals surface area contributed by atoms with Crippen LogP contribution >= 0.6 is 15.9 Å². The number of pyridine rings is 1. The molecule has 0 saturated heterocycles. The molecular formula is C13H19BrN2O2. The first-order valence-corrected chi connectivity index (χ1v) is 6.72. The van der Waals surface area contributed by atoms with E-state index >= 15 is 0 Å². The number of nitrogens with one attached hydrogen (secondary N) is 1. The van der Waals surface area contributed by atoms with Crippen molar-refractivity contribution in [1.82, 2.24) is 10.3 Å². The van der Waals surface area contributed by atoms with E-state index in [-0.39, 0.29) is 12.5 Å². The molecule has 0 radical (unpaired) electrons. The summed E-state index contributed by atoms with van der Waals surface area (Å²) < 4.78 is 0.615. The molecule has 100 valence electrons. The second kappa shape index (κ2) is 6.29. The largest absolute Gasteiger partial charge is 0.388 e. The molecule has 0 aromatic carbocycles. The van der Waals surface area contributed by atoms with Crippen molar-refractivity contribution in [3.05, 3.63) is 28.5 Å². The van der Waals surface area contributed by atoms with E-state index in [9.17, 15) is 9.90 Å². The van der Waals surface area contributed by atoms with Crippen LogP contribution in [0.5, 0.6) is 0 Å². The maximum absolute atomic E-state index is 11.8. The van der Waals surface area contributed by atoms with E-state index in [2.05, 4.69) is 26.2 Å². The fraction of sp³-hybridized carbons (Fsp3) is 0.538. The van der Waals surface area contributed by atoms with Gasteiger partial charge in [0.25, 0.3) is 5.91 Å². The van der Waals surface area contributed by atoms with Crippen molar-refractivity contribution in [2.24, 2.45) is 5.92 Å². The van der Waals surface area contributed by atoms with Crippen LogP contribution in [0, 0.1) is 5.92 Å². The Morgan fingerprint density at radius 2 is 2.22 bits per heavy atom. The third-order valence-corrected chi connectivity index (χ3v) is 2.87. The first kappa shape index (κ1) is 15.1. The van der Waals surface area contributed by atoms with Gasteiger partial charge in [0.2, 0.25) is 0 Å². The predicted molar refractivity (Wildman–Crippen MR) is 74.3 cm³/mol. The number of nitrogens with zero attached hydrogens (tertiary/aromatic N) is 1. The Bertz CT molecular complexity index is 419. The topological polar surface area (TPSA) is 62.2 Å². The van der Waals surface area contributed by atoms with Gasteiger partial charge in [-0.2, -0.15) is 0 Å². The van der Waals surface area contributed by atoms with Crippen molar-refractivity contribution >= 4 is 21.8 Å². The van der Waals surface area contributed by atoms with Gasteiger partial charge in [-0.3, -0.25) is 4.79 Å². The minimum absolute atomic E-state index is 0.220. The highest BCUT2D eigenvalue weighted by Gasteiger charge is 2.23.